The second kappa shape index (κ2) is 13.7. The van der Waals surface area contributed by atoms with Gasteiger partial charge in [-0.15, -0.1) is 0 Å². The molecule has 0 aliphatic carbocycles. The van der Waals surface area contributed by atoms with E-state index in [2.05, 4.69) is 21.0 Å². The number of nitrogens with zero attached hydrogens (tertiary/aromatic N) is 3. The van der Waals surface area contributed by atoms with E-state index in [0.29, 0.717) is 19.5 Å². The van der Waals surface area contributed by atoms with Crippen molar-refractivity contribution in [1.82, 2.24) is 15.8 Å². The summed E-state index contributed by atoms with van der Waals surface area (Å²) in [5.74, 6) is -0.696. The van der Waals surface area contributed by atoms with Crippen molar-refractivity contribution in [3.8, 4) is 0 Å². The van der Waals surface area contributed by atoms with Gasteiger partial charge < -0.3 is 20.7 Å². The number of aliphatic hydroxyl groups excluding tert-OH is 1. The lowest BCUT2D eigenvalue weighted by molar-refractivity contribution is -0.131. The Labute approximate surface area is 190 Å². The molecule has 0 saturated carbocycles. The van der Waals surface area contributed by atoms with Gasteiger partial charge in [-0.2, -0.15) is 15.2 Å². The van der Waals surface area contributed by atoms with Crippen LogP contribution in [0.1, 0.15) is 18.9 Å². The fraction of sp³-hybridized carbons (Fsp3) is 0.476. The maximum atomic E-state index is 12.8. The molecule has 0 saturated heterocycles. The highest BCUT2D eigenvalue weighted by atomic mass is 32.2. The van der Waals surface area contributed by atoms with Crippen molar-refractivity contribution in [2.24, 2.45) is 27.8 Å². The molecule has 32 heavy (non-hydrogen) atoms. The summed E-state index contributed by atoms with van der Waals surface area (Å²) in [5.41, 5.74) is 9.97. The van der Waals surface area contributed by atoms with Gasteiger partial charge in [-0.3, -0.25) is 14.4 Å². The highest BCUT2D eigenvalue weighted by molar-refractivity contribution is 7.79. The lowest BCUT2D eigenvalue weighted by Gasteiger charge is -2.26. The molecule has 1 aliphatic rings. The zero-order valence-corrected chi connectivity index (χ0v) is 18.9. The minimum atomic E-state index is -2.07. The molecule has 0 fully saturated rings. The molecular weight excluding hydrogens is 432 g/mol. The minimum Gasteiger partial charge on any atom is -0.772 e. The van der Waals surface area contributed by atoms with E-state index in [1.54, 1.807) is 19.2 Å². The number of hydrazine groups is 1. The quantitative estimate of drug-likeness (QED) is 0.145. The molecule has 4 unspecified atom stereocenters. The average molecular weight is 464 g/mol. The number of azo groups is 1. The molecule has 11 heteroatoms. The van der Waals surface area contributed by atoms with E-state index < -0.39 is 23.7 Å². The molecule has 176 valence electrons. The normalized spacial score (nSPS) is 20.6. The second-order valence-corrected chi connectivity index (χ2v) is 8.45. The first kappa shape index (κ1) is 25.7. The van der Waals surface area contributed by atoms with Crippen LogP contribution in [0.25, 0.3) is 5.57 Å². The molecule has 10 nitrogen and oxygen atoms in total. The van der Waals surface area contributed by atoms with Gasteiger partial charge in [-0.05, 0) is 23.8 Å². The first-order valence-electron chi connectivity index (χ1n) is 10.4. The predicted octanol–water partition coefficient (Wildman–Crippen LogP) is 0.728. The van der Waals surface area contributed by atoms with Crippen LogP contribution < -0.4 is 16.5 Å². The van der Waals surface area contributed by atoms with Gasteiger partial charge in [-0.1, -0.05) is 54.4 Å². The molecule has 4 atom stereocenters. The van der Waals surface area contributed by atoms with Crippen LogP contribution in [-0.2, 0) is 15.9 Å². The average Bonchev–Trinajstić information content (AvgIpc) is 3.25. The summed E-state index contributed by atoms with van der Waals surface area (Å²) in [4.78, 5) is 12.8. The Morgan fingerprint density at radius 1 is 1.44 bits per heavy atom. The number of carbonyl (C=O) groups excluding carboxylic acids is 1. The highest BCUT2D eigenvalue weighted by Crippen LogP contribution is 2.25. The van der Waals surface area contributed by atoms with Crippen molar-refractivity contribution in [3.63, 3.8) is 0 Å². The van der Waals surface area contributed by atoms with Crippen molar-refractivity contribution in [2.75, 3.05) is 32.1 Å². The van der Waals surface area contributed by atoms with Gasteiger partial charge in [0.25, 0.3) is 0 Å². The monoisotopic (exact) mass is 463 g/mol. The lowest BCUT2D eigenvalue weighted by atomic mass is 9.90. The minimum absolute atomic E-state index is 0.0317. The van der Waals surface area contributed by atoms with Gasteiger partial charge in [-0.25, -0.2) is 0 Å². The fourth-order valence-electron chi connectivity index (χ4n) is 3.32. The van der Waals surface area contributed by atoms with Crippen molar-refractivity contribution in [3.05, 3.63) is 54.4 Å². The number of rotatable bonds is 13. The van der Waals surface area contributed by atoms with E-state index in [9.17, 15) is 18.7 Å². The standard InChI is InChI=1S/C21H32N6O4S/c1-16(20-18(8-9-22)13-24-25-20)21(29)26-27(15-28)14-19(17-6-3-2-4-7-17)12-23-10-5-11-32(30)31/h2-4,6-9,12,16,18,20,23,28H,5,10-11,13-15,22H2,1H3,(H,26,29)(H,30,31)/p-1. The Morgan fingerprint density at radius 3 is 2.84 bits per heavy atom. The van der Waals surface area contributed by atoms with Crippen LogP contribution in [0.2, 0.25) is 0 Å². The Bertz CT molecular complexity index is 833. The highest BCUT2D eigenvalue weighted by Gasteiger charge is 2.33. The summed E-state index contributed by atoms with van der Waals surface area (Å²) in [7, 11) is 0. The number of aliphatic hydroxyl groups is 1. The first-order chi connectivity index (χ1) is 15.5. The molecule has 0 bridgehead atoms. The largest absolute Gasteiger partial charge is 0.772 e. The summed E-state index contributed by atoms with van der Waals surface area (Å²) < 4.78 is 21.3. The van der Waals surface area contributed by atoms with Crippen LogP contribution in [0.4, 0.5) is 0 Å². The molecule has 0 spiro atoms. The van der Waals surface area contributed by atoms with E-state index >= 15 is 0 Å². The number of benzene rings is 1. The van der Waals surface area contributed by atoms with Crippen LogP contribution >= 0.6 is 0 Å². The maximum Gasteiger partial charge on any atom is 0.239 e. The van der Waals surface area contributed by atoms with E-state index in [0.717, 1.165) is 11.1 Å². The third kappa shape index (κ3) is 8.15. The van der Waals surface area contributed by atoms with Gasteiger partial charge in [0, 0.05) is 31.0 Å². The molecule has 0 radical (unpaired) electrons. The summed E-state index contributed by atoms with van der Waals surface area (Å²) in [6, 6.07) is 9.21. The molecule has 2 rings (SSSR count). The van der Waals surface area contributed by atoms with Crippen molar-refractivity contribution in [2.45, 2.75) is 19.4 Å². The van der Waals surface area contributed by atoms with Crippen LogP contribution in [0.5, 0.6) is 0 Å². The summed E-state index contributed by atoms with van der Waals surface area (Å²) in [5, 5.41) is 22.6. The molecule has 1 aromatic rings. The molecule has 1 heterocycles. The summed E-state index contributed by atoms with van der Waals surface area (Å²) >= 11 is -2.07. The maximum absolute atomic E-state index is 12.8. The number of carbonyl (C=O) groups is 1. The zero-order chi connectivity index (χ0) is 23.3. The topological polar surface area (TPSA) is 155 Å². The van der Waals surface area contributed by atoms with Gasteiger partial charge in [0.1, 0.15) is 6.73 Å². The van der Waals surface area contributed by atoms with E-state index in [-0.39, 0.29) is 30.2 Å². The SMILES string of the molecule is CC(C(=O)NN(CO)CC(=CNCCCS(=O)[O-])c1ccccc1)C1N=NCC1C=CN. The predicted molar refractivity (Wildman–Crippen MR) is 122 cm³/mol. The Morgan fingerprint density at radius 2 is 2.19 bits per heavy atom. The Balaban J connectivity index is 2.03. The van der Waals surface area contributed by atoms with Gasteiger partial charge in [0.05, 0.1) is 18.5 Å². The first-order valence-corrected chi connectivity index (χ1v) is 11.7. The number of nitrogens with one attached hydrogen (secondary N) is 2. The van der Waals surface area contributed by atoms with Gasteiger partial charge in [0.2, 0.25) is 5.91 Å². The fourth-order valence-corrected chi connectivity index (χ4v) is 3.70. The smallest absolute Gasteiger partial charge is 0.239 e. The van der Waals surface area contributed by atoms with Crippen LogP contribution in [-0.4, -0.2) is 62.9 Å². The van der Waals surface area contributed by atoms with E-state index in [4.69, 9.17) is 5.73 Å². The van der Waals surface area contributed by atoms with Gasteiger partial charge in [0.15, 0.2) is 0 Å². The third-order valence-corrected chi connectivity index (χ3v) is 5.71. The molecule has 1 aliphatic heterocycles. The molecule has 1 aromatic carbocycles. The second-order valence-electron chi connectivity index (χ2n) is 7.43. The van der Waals surface area contributed by atoms with Crippen molar-refractivity contribution in [1.29, 1.82) is 0 Å². The van der Waals surface area contributed by atoms with Crippen LogP contribution in [0.15, 0.2) is 59.0 Å². The Kier molecular flexibility index (Phi) is 11.0. The van der Waals surface area contributed by atoms with E-state index in [1.165, 1.54) is 11.2 Å². The van der Waals surface area contributed by atoms with Gasteiger partial charge >= 0.3 is 0 Å². The molecule has 5 N–H and O–H groups in total. The van der Waals surface area contributed by atoms with Crippen LogP contribution in [0, 0.1) is 11.8 Å². The number of hydrogen-bond donors (Lipinski definition) is 4. The number of nitrogens with two attached hydrogens (primary N) is 1. The molecular formula is C21H31N6O4S-. The Hall–Kier alpha value is -2.60. The molecule has 1 amide bonds. The summed E-state index contributed by atoms with van der Waals surface area (Å²) in [6.45, 7) is 2.59. The number of hydrogen-bond acceptors (Lipinski definition) is 9. The third-order valence-electron chi connectivity index (χ3n) is 5.08. The van der Waals surface area contributed by atoms with Crippen molar-refractivity contribution < 1.29 is 18.7 Å². The molecule has 0 aromatic heterocycles. The lowest BCUT2D eigenvalue weighted by Crippen LogP contribution is -2.48. The number of amides is 1. The van der Waals surface area contributed by atoms with E-state index in [1.807, 2.05) is 30.3 Å². The summed E-state index contributed by atoms with van der Waals surface area (Å²) in [6.07, 6.45) is 5.48. The van der Waals surface area contributed by atoms with Crippen molar-refractivity contribution >= 4 is 22.6 Å². The van der Waals surface area contributed by atoms with Crippen LogP contribution in [0.3, 0.4) is 0 Å². The zero-order valence-electron chi connectivity index (χ0n) is 18.1.